The van der Waals surface area contributed by atoms with Gasteiger partial charge in [-0.1, -0.05) is 13.0 Å². The van der Waals surface area contributed by atoms with E-state index in [1.54, 1.807) is 12.1 Å². The summed E-state index contributed by atoms with van der Waals surface area (Å²) in [4.78, 5) is 10.3. The molecule has 2 N–H and O–H groups in total. The molecule has 0 aromatic heterocycles. The molecule has 1 aromatic rings. The molecule has 0 heterocycles. The number of rotatable bonds is 4. The third-order valence-electron chi connectivity index (χ3n) is 3.74. The minimum absolute atomic E-state index is 0.0432. The van der Waals surface area contributed by atoms with Crippen LogP contribution in [0.2, 0.25) is 0 Å². The van der Waals surface area contributed by atoms with Gasteiger partial charge < -0.3 is 10.5 Å². The molecule has 2 rings (SSSR count). The van der Waals surface area contributed by atoms with Crippen molar-refractivity contribution in [3.8, 4) is 0 Å². The van der Waals surface area contributed by atoms with Crippen LogP contribution in [0.3, 0.4) is 0 Å². The highest BCUT2D eigenvalue weighted by atomic mass is 16.6. The Hall–Kier alpha value is -1.62. The molecule has 1 aromatic carbocycles. The highest BCUT2D eigenvalue weighted by Gasteiger charge is 2.19. The van der Waals surface area contributed by atoms with E-state index in [1.807, 2.05) is 0 Å². The molecular weight excluding hydrogens is 244 g/mol. The lowest BCUT2D eigenvalue weighted by Crippen LogP contribution is -2.20. The van der Waals surface area contributed by atoms with Gasteiger partial charge in [0.25, 0.3) is 5.69 Å². The zero-order valence-corrected chi connectivity index (χ0v) is 11.2. The lowest BCUT2D eigenvalue weighted by atomic mass is 9.89. The Morgan fingerprint density at radius 3 is 2.68 bits per heavy atom. The summed E-state index contributed by atoms with van der Waals surface area (Å²) in [6, 6.07) is 4.86. The molecule has 5 heteroatoms. The number of hydrogen-bond acceptors (Lipinski definition) is 4. The second-order valence-corrected chi connectivity index (χ2v) is 5.34. The van der Waals surface area contributed by atoms with Crippen molar-refractivity contribution in [3.05, 3.63) is 33.9 Å². The average molecular weight is 264 g/mol. The molecule has 0 radical (unpaired) electrons. The van der Waals surface area contributed by atoms with Gasteiger partial charge in [-0.25, -0.2) is 0 Å². The van der Waals surface area contributed by atoms with Gasteiger partial charge >= 0.3 is 0 Å². The van der Waals surface area contributed by atoms with Gasteiger partial charge in [0, 0.05) is 6.07 Å². The minimum Gasteiger partial charge on any atom is -0.393 e. The molecule has 0 amide bonds. The molecular formula is C14H20N2O3. The van der Waals surface area contributed by atoms with Crippen LogP contribution in [0.15, 0.2) is 18.2 Å². The number of nitrogens with zero attached hydrogens (tertiary/aromatic N) is 1. The minimum atomic E-state index is -0.457. The normalized spacial score (nSPS) is 23.2. The Morgan fingerprint density at radius 1 is 1.37 bits per heavy atom. The maximum Gasteiger partial charge on any atom is 0.292 e. The van der Waals surface area contributed by atoms with Gasteiger partial charge in [0.2, 0.25) is 0 Å². The summed E-state index contributed by atoms with van der Waals surface area (Å²) in [6.45, 7) is 2.68. The van der Waals surface area contributed by atoms with Crippen molar-refractivity contribution in [1.82, 2.24) is 0 Å². The Balaban J connectivity index is 1.92. The fraction of sp³-hybridized carbons (Fsp3) is 0.571. The van der Waals surface area contributed by atoms with Crippen LogP contribution in [0.25, 0.3) is 0 Å². The van der Waals surface area contributed by atoms with Crippen LogP contribution >= 0.6 is 0 Å². The van der Waals surface area contributed by atoms with E-state index in [-0.39, 0.29) is 17.5 Å². The molecule has 104 valence electrons. The molecule has 1 aliphatic rings. The predicted molar refractivity (Wildman–Crippen MR) is 73.7 cm³/mol. The zero-order chi connectivity index (χ0) is 13.8. The van der Waals surface area contributed by atoms with Gasteiger partial charge in [-0.2, -0.15) is 0 Å². The number of nitrogen functional groups attached to an aromatic ring is 1. The second kappa shape index (κ2) is 6.02. The topological polar surface area (TPSA) is 78.4 Å². The summed E-state index contributed by atoms with van der Waals surface area (Å²) in [5, 5.41) is 10.8. The summed E-state index contributed by atoms with van der Waals surface area (Å²) in [5.41, 5.74) is 6.52. The number of ether oxygens (including phenoxy) is 1. The molecule has 0 saturated heterocycles. The first-order chi connectivity index (χ1) is 9.06. The maximum absolute atomic E-state index is 10.8. The fourth-order valence-electron chi connectivity index (χ4n) is 2.45. The van der Waals surface area contributed by atoms with Crippen molar-refractivity contribution in [2.45, 2.75) is 45.3 Å². The predicted octanol–water partition coefficient (Wildman–Crippen LogP) is 3.27. The number of anilines is 1. The van der Waals surface area contributed by atoms with Gasteiger partial charge in [0.05, 0.1) is 17.6 Å². The van der Waals surface area contributed by atoms with Crippen LogP contribution < -0.4 is 5.73 Å². The van der Waals surface area contributed by atoms with Crippen molar-refractivity contribution in [1.29, 1.82) is 0 Å². The first-order valence-electron chi connectivity index (χ1n) is 6.70. The molecule has 0 aliphatic heterocycles. The van der Waals surface area contributed by atoms with E-state index in [9.17, 15) is 10.1 Å². The summed E-state index contributed by atoms with van der Waals surface area (Å²) < 4.78 is 5.83. The monoisotopic (exact) mass is 264 g/mol. The van der Waals surface area contributed by atoms with E-state index in [1.165, 1.54) is 18.9 Å². The quantitative estimate of drug-likeness (QED) is 0.514. The molecule has 1 aliphatic carbocycles. The van der Waals surface area contributed by atoms with Crippen LogP contribution in [-0.4, -0.2) is 11.0 Å². The number of nitro groups is 1. The van der Waals surface area contributed by atoms with Gasteiger partial charge in [-0.3, -0.25) is 10.1 Å². The third-order valence-corrected chi connectivity index (χ3v) is 3.74. The molecule has 1 saturated carbocycles. The molecule has 5 nitrogen and oxygen atoms in total. The SMILES string of the molecule is CC1CCC(OCc2ccc(N)c([N+](=O)[O-])c2)CC1. The highest BCUT2D eigenvalue weighted by Crippen LogP contribution is 2.27. The van der Waals surface area contributed by atoms with Crippen molar-refractivity contribution in [3.63, 3.8) is 0 Å². The van der Waals surface area contributed by atoms with Crippen LogP contribution in [0.1, 0.15) is 38.2 Å². The van der Waals surface area contributed by atoms with Gasteiger partial charge in [-0.15, -0.1) is 0 Å². The van der Waals surface area contributed by atoms with Crippen molar-refractivity contribution >= 4 is 11.4 Å². The van der Waals surface area contributed by atoms with E-state index >= 15 is 0 Å². The number of nitrogens with two attached hydrogens (primary N) is 1. The number of nitro benzene ring substituents is 1. The highest BCUT2D eigenvalue weighted by molar-refractivity contribution is 5.59. The largest absolute Gasteiger partial charge is 0.393 e. The van der Waals surface area contributed by atoms with E-state index in [2.05, 4.69) is 6.92 Å². The molecule has 0 unspecified atom stereocenters. The summed E-state index contributed by atoms with van der Waals surface area (Å²) in [6.07, 6.45) is 4.85. The van der Waals surface area contributed by atoms with Gasteiger partial charge in [-0.05, 0) is 43.2 Å². The van der Waals surface area contributed by atoms with Crippen molar-refractivity contribution in [2.75, 3.05) is 5.73 Å². The lowest BCUT2D eigenvalue weighted by Gasteiger charge is -2.26. The zero-order valence-electron chi connectivity index (χ0n) is 11.2. The van der Waals surface area contributed by atoms with Crippen LogP contribution in [0.5, 0.6) is 0 Å². The summed E-state index contributed by atoms with van der Waals surface area (Å²) in [5.74, 6) is 0.789. The average Bonchev–Trinajstić information content (AvgIpc) is 2.39. The smallest absolute Gasteiger partial charge is 0.292 e. The first kappa shape index (κ1) is 13.8. The Morgan fingerprint density at radius 2 is 2.05 bits per heavy atom. The molecule has 1 fully saturated rings. The molecule has 0 bridgehead atoms. The van der Waals surface area contributed by atoms with E-state index < -0.39 is 4.92 Å². The molecule has 0 atom stereocenters. The van der Waals surface area contributed by atoms with E-state index in [0.717, 1.165) is 24.3 Å². The van der Waals surface area contributed by atoms with Crippen molar-refractivity contribution < 1.29 is 9.66 Å². The van der Waals surface area contributed by atoms with Gasteiger partial charge in [0.1, 0.15) is 5.69 Å². The number of benzene rings is 1. The number of hydrogen-bond donors (Lipinski definition) is 1. The fourth-order valence-corrected chi connectivity index (χ4v) is 2.45. The second-order valence-electron chi connectivity index (χ2n) is 5.34. The molecule has 19 heavy (non-hydrogen) atoms. The lowest BCUT2D eigenvalue weighted by molar-refractivity contribution is -0.384. The third kappa shape index (κ3) is 3.67. The molecule has 0 spiro atoms. The van der Waals surface area contributed by atoms with Crippen LogP contribution in [0.4, 0.5) is 11.4 Å². The maximum atomic E-state index is 10.8. The Kier molecular flexibility index (Phi) is 4.37. The van der Waals surface area contributed by atoms with Crippen molar-refractivity contribution in [2.24, 2.45) is 5.92 Å². The summed E-state index contributed by atoms with van der Waals surface area (Å²) in [7, 11) is 0. The van der Waals surface area contributed by atoms with Gasteiger partial charge in [0.15, 0.2) is 0 Å². The van der Waals surface area contributed by atoms with E-state index in [4.69, 9.17) is 10.5 Å². The van der Waals surface area contributed by atoms with E-state index in [0.29, 0.717) is 6.61 Å². The standard InChI is InChI=1S/C14H20N2O3/c1-10-2-5-12(6-3-10)19-9-11-4-7-13(15)14(8-11)16(17)18/h4,7-8,10,12H,2-3,5-6,9,15H2,1H3. The first-order valence-corrected chi connectivity index (χ1v) is 6.70. The summed E-state index contributed by atoms with van der Waals surface area (Å²) >= 11 is 0. The van der Waals surface area contributed by atoms with Crippen LogP contribution in [-0.2, 0) is 11.3 Å². The van der Waals surface area contributed by atoms with Crippen LogP contribution in [0, 0.1) is 16.0 Å². The Labute approximate surface area is 112 Å². The Bertz CT molecular complexity index is 454.